The molecule has 2 atom stereocenters. The number of fused-ring (bicyclic) bond motifs is 2. The van der Waals surface area contributed by atoms with Crippen molar-refractivity contribution in [2.24, 2.45) is 11.8 Å². The van der Waals surface area contributed by atoms with Crippen molar-refractivity contribution in [2.45, 2.75) is 4.90 Å². The van der Waals surface area contributed by atoms with Gasteiger partial charge >= 0.3 is 0 Å². The van der Waals surface area contributed by atoms with E-state index in [1.54, 1.807) is 0 Å². The molecule has 0 saturated carbocycles. The molecule has 2 fully saturated rings. The van der Waals surface area contributed by atoms with E-state index in [4.69, 9.17) is 9.47 Å². The van der Waals surface area contributed by atoms with Crippen LogP contribution < -0.4 is 14.8 Å². The minimum Gasteiger partial charge on any atom is -0.486 e. The summed E-state index contributed by atoms with van der Waals surface area (Å²) in [6.07, 6.45) is 0. The Hall–Kier alpha value is -1.62. The number of rotatable bonds is 3. The first kappa shape index (κ1) is 18.2. The number of sulfonamides is 1. The average molecular weight is 392 g/mol. The predicted octanol–water partition coefficient (Wildman–Crippen LogP) is 0.628. The molecule has 25 heavy (non-hydrogen) atoms. The zero-order valence-corrected chi connectivity index (χ0v) is 14.8. The number of hydrogen-bond donors (Lipinski definition) is 1. The van der Waals surface area contributed by atoms with Crippen molar-refractivity contribution >= 4 is 28.1 Å². The van der Waals surface area contributed by atoms with Crippen LogP contribution in [0.5, 0.6) is 11.5 Å². The van der Waals surface area contributed by atoms with Gasteiger partial charge in [0, 0.05) is 19.2 Å². The lowest BCUT2D eigenvalue weighted by atomic mass is 10.0. The van der Waals surface area contributed by atoms with Crippen LogP contribution in [0.15, 0.2) is 17.0 Å². The molecule has 11 heteroatoms. The molecule has 0 radical (unpaired) electrons. The largest absolute Gasteiger partial charge is 0.486 e. The van der Waals surface area contributed by atoms with Crippen molar-refractivity contribution in [1.29, 1.82) is 0 Å². The molecular formula is C14H18ClN3O6S. The number of nitrogens with zero attached hydrogens (tertiary/aromatic N) is 2. The number of hydrogen-bond acceptors (Lipinski definition) is 7. The van der Waals surface area contributed by atoms with Gasteiger partial charge in [-0.15, -0.1) is 12.4 Å². The highest BCUT2D eigenvalue weighted by atomic mass is 35.5. The summed E-state index contributed by atoms with van der Waals surface area (Å²) in [5, 5.41) is 14.6. The molecule has 3 aliphatic heterocycles. The van der Waals surface area contributed by atoms with Crippen LogP contribution in [-0.2, 0) is 10.0 Å². The van der Waals surface area contributed by atoms with Crippen LogP contribution in [0.3, 0.4) is 0 Å². The molecule has 3 aliphatic rings. The highest BCUT2D eigenvalue weighted by molar-refractivity contribution is 7.89. The Morgan fingerprint density at radius 2 is 1.68 bits per heavy atom. The summed E-state index contributed by atoms with van der Waals surface area (Å²) in [4.78, 5) is 10.4. The molecule has 9 nitrogen and oxygen atoms in total. The van der Waals surface area contributed by atoms with E-state index in [9.17, 15) is 18.5 Å². The van der Waals surface area contributed by atoms with Gasteiger partial charge in [-0.25, -0.2) is 8.42 Å². The average Bonchev–Trinajstić information content (AvgIpc) is 3.15. The van der Waals surface area contributed by atoms with E-state index >= 15 is 0 Å². The molecule has 1 N–H and O–H groups in total. The van der Waals surface area contributed by atoms with Gasteiger partial charge in [0.05, 0.1) is 11.0 Å². The quantitative estimate of drug-likeness (QED) is 0.594. The maximum Gasteiger partial charge on any atom is 0.293 e. The summed E-state index contributed by atoms with van der Waals surface area (Å²) in [6.45, 7) is 2.87. The second-order valence-electron chi connectivity index (χ2n) is 6.22. The van der Waals surface area contributed by atoms with Crippen molar-refractivity contribution in [3.05, 3.63) is 22.2 Å². The van der Waals surface area contributed by atoms with Gasteiger partial charge in [0.1, 0.15) is 13.2 Å². The van der Waals surface area contributed by atoms with E-state index in [0.717, 1.165) is 19.2 Å². The molecule has 0 amide bonds. The van der Waals surface area contributed by atoms with Crippen molar-refractivity contribution < 1.29 is 22.8 Å². The molecule has 0 spiro atoms. The maximum atomic E-state index is 13.0. The van der Waals surface area contributed by atoms with Crippen molar-refractivity contribution in [1.82, 2.24) is 9.62 Å². The Balaban J connectivity index is 0.00000182. The van der Waals surface area contributed by atoms with Gasteiger partial charge < -0.3 is 14.8 Å². The Morgan fingerprint density at radius 1 is 1.12 bits per heavy atom. The molecule has 0 unspecified atom stereocenters. The molecule has 0 bridgehead atoms. The van der Waals surface area contributed by atoms with Gasteiger partial charge in [-0.1, -0.05) is 0 Å². The summed E-state index contributed by atoms with van der Waals surface area (Å²) in [7, 11) is -3.96. The second-order valence-corrected chi connectivity index (χ2v) is 8.13. The van der Waals surface area contributed by atoms with Gasteiger partial charge in [-0.05, 0) is 24.9 Å². The van der Waals surface area contributed by atoms with Gasteiger partial charge in [-0.2, -0.15) is 4.31 Å². The number of nitro groups is 1. The number of halogens is 1. The first-order valence-electron chi connectivity index (χ1n) is 7.75. The second kappa shape index (κ2) is 6.60. The van der Waals surface area contributed by atoms with Crippen LogP contribution in [0.2, 0.25) is 0 Å². The van der Waals surface area contributed by atoms with Gasteiger partial charge in [0.2, 0.25) is 10.0 Å². The van der Waals surface area contributed by atoms with E-state index < -0.39 is 20.6 Å². The third-order valence-corrected chi connectivity index (χ3v) is 6.66. The van der Waals surface area contributed by atoms with Crippen molar-refractivity contribution in [2.75, 3.05) is 39.4 Å². The standard InChI is InChI=1S/C14H17N3O6S.ClH/c18-17(19)11-3-12-13(23-2-1-22-12)4-14(11)24(20,21)16-7-9-5-15-6-10(9)8-16;/h3-4,9-10,15H,1-2,5-8H2;1H/t9-,10+;. The molecule has 4 rings (SSSR count). The van der Waals surface area contributed by atoms with Crippen LogP contribution in [0.4, 0.5) is 5.69 Å². The molecule has 1 aromatic rings. The SMILES string of the molecule is Cl.O=[N+]([O-])c1cc2c(cc1S(=O)(=O)N1C[C@H]3CNC[C@H]3C1)OCCO2. The molecule has 2 saturated heterocycles. The number of ether oxygens (including phenoxy) is 2. The Kier molecular flexibility index (Phi) is 4.80. The lowest BCUT2D eigenvalue weighted by Gasteiger charge is -2.21. The number of nitrogens with one attached hydrogen (secondary N) is 1. The van der Waals surface area contributed by atoms with Crippen molar-refractivity contribution in [3.63, 3.8) is 0 Å². The Labute approximate surface area is 150 Å². The number of benzene rings is 1. The van der Waals surface area contributed by atoms with Crippen LogP contribution in [-0.4, -0.2) is 57.0 Å². The maximum absolute atomic E-state index is 13.0. The molecule has 1 aromatic carbocycles. The van der Waals surface area contributed by atoms with E-state index in [1.807, 2.05) is 0 Å². The minimum atomic E-state index is -3.96. The van der Waals surface area contributed by atoms with E-state index in [0.29, 0.717) is 13.1 Å². The third kappa shape index (κ3) is 3.03. The summed E-state index contributed by atoms with van der Waals surface area (Å²) in [5.74, 6) is 0.952. The summed E-state index contributed by atoms with van der Waals surface area (Å²) >= 11 is 0. The van der Waals surface area contributed by atoms with E-state index in [-0.39, 0.29) is 53.9 Å². The third-order valence-electron chi connectivity index (χ3n) is 4.79. The first-order valence-corrected chi connectivity index (χ1v) is 9.20. The molecule has 138 valence electrons. The summed E-state index contributed by atoms with van der Waals surface area (Å²) in [6, 6.07) is 2.36. The lowest BCUT2D eigenvalue weighted by molar-refractivity contribution is -0.388. The minimum absolute atomic E-state index is 0. The lowest BCUT2D eigenvalue weighted by Crippen LogP contribution is -2.32. The highest BCUT2D eigenvalue weighted by Crippen LogP contribution is 2.41. The van der Waals surface area contributed by atoms with E-state index in [1.165, 1.54) is 10.4 Å². The highest BCUT2D eigenvalue weighted by Gasteiger charge is 2.44. The Bertz CT molecular complexity index is 790. The summed E-state index contributed by atoms with van der Waals surface area (Å²) in [5.41, 5.74) is -0.477. The van der Waals surface area contributed by atoms with Gasteiger partial charge in [-0.3, -0.25) is 10.1 Å². The predicted molar refractivity (Wildman–Crippen MR) is 89.9 cm³/mol. The van der Waals surface area contributed by atoms with Crippen LogP contribution >= 0.6 is 12.4 Å². The zero-order valence-electron chi connectivity index (χ0n) is 13.2. The molecule has 0 aromatic heterocycles. The van der Waals surface area contributed by atoms with Crippen LogP contribution in [0.1, 0.15) is 0 Å². The zero-order chi connectivity index (χ0) is 16.9. The molecule has 3 heterocycles. The van der Waals surface area contributed by atoms with Gasteiger partial charge in [0.15, 0.2) is 16.4 Å². The topological polar surface area (TPSA) is 111 Å². The fraction of sp³-hybridized carbons (Fsp3) is 0.571. The molecular weight excluding hydrogens is 374 g/mol. The monoisotopic (exact) mass is 391 g/mol. The normalized spacial score (nSPS) is 25.3. The Morgan fingerprint density at radius 3 is 2.24 bits per heavy atom. The molecule has 0 aliphatic carbocycles. The first-order chi connectivity index (χ1) is 11.5. The smallest absolute Gasteiger partial charge is 0.293 e. The van der Waals surface area contributed by atoms with Gasteiger partial charge in [0.25, 0.3) is 5.69 Å². The summed E-state index contributed by atoms with van der Waals surface area (Å²) < 4.78 is 38.0. The fourth-order valence-electron chi connectivity index (χ4n) is 3.56. The van der Waals surface area contributed by atoms with Crippen LogP contribution in [0, 0.1) is 22.0 Å². The van der Waals surface area contributed by atoms with Crippen LogP contribution in [0.25, 0.3) is 0 Å². The van der Waals surface area contributed by atoms with Crippen molar-refractivity contribution in [3.8, 4) is 11.5 Å². The fourth-order valence-corrected chi connectivity index (χ4v) is 5.26. The number of nitro benzene ring substituents is 1. The van der Waals surface area contributed by atoms with E-state index in [2.05, 4.69) is 5.32 Å².